The van der Waals surface area contributed by atoms with Crippen molar-refractivity contribution < 1.29 is 18.8 Å². The number of nitrogens with zero attached hydrogens (tertiary/aromatic N) is 1. The summed E-state index contributed by atoms with van der Waals surface area (Å²) in [5.74, 6) is -0.891. The Hall–Kier alpha value is -3.80. The van der Waals surface area contributed by atoms with E-state index in [0.29, 0.717) is 28.1 Å². The zero-order valence-electron chi connectivity index (χ0n) is 15.3. The fraction of sp³-hybridized carbons (Fsp3) is 0.0870. The largest absolute Gasteiger partial charge is 0.382 e. The van der Waals surface area contributed by atoms with E-state index in [-0.39, 0.29) is 23.9 Å². The van der Waals surface area contributed by atoms with E-state index in [0.717, 1.165) is 0 Å². The molecule has 0 spiro atoms. The van der Waals surface area contributed by atoms with Gasteiger partial charge in [0.15, 0.2) is 5.78 Å². The van der Waals surface area contributed by atoms with Crippen LogP contribution < -0.4 is 5.32 Å². The Balaban J connectivity index is 1.43. The van der Waals surface area contributed by atoms with Crippen molar-refractivity contribution >= 4 is 23.1 Å². The van der Waals surface area contributed by atoms with E-state index in [1.807, 2.05) is 6.07 Å². The van der Waals surface area contributed by atoms with E-state index in [9.17, 15) is 14.0 Å². The predicted octanol–water partition coefficient (Wildman–Crippen LogP) is 4.19. The van der Waals surface area contributed by atoms with Gasteiger partial charge in [0.1, 0.15) is 5.82 Å². The van der Waals surface area contributed by atoms with Crippen molar-refractivity contribution in [2.24, 2.45) is 5.16 Å². The monoisotopic (exact) mass is 388 g/mol. The van der Waals surface area contributed by atoms with Crippen LogP contribution in [0.25, 0.3) is 0 Å². The van der Waals surface area contributed by atoms with Gasteiger partial charge in [-0.1, -0.05) is 59.8 Å². The Labute approximate surface area is 166 Å². The Bertz CT molecular complexity index is 1100. The third-order valence-corrected chi connectivity index (χ3v) is 4.55. The van der Waals surface area contributed by atoms with Gasteiger partial charge in [0.25, 0.3) is 5.91 Å². The Morgan fingerprint density at radius 2 is 1.69 bits per heavy atom. The number of carbonyl (C=O) groups excluding carboxylic acids is 2. The van der Waals surface area contributed by atoms with Crippen molar-refractivity contribution in [2.45, 2.75) is 12.5 Å². The maximum Gasteiger partial charge on any atom is 0.268 e. The van der Waals surface area contributed by atoms with E-state index in [1.54, 1.807) is 60.7 Å². The molecule has 1 atom stereocenters. The standard InChI is InChI=1S/C23H17FN2O3/c24-18-10-4-8-16(12-18)20-14-21(29-26-20)23(28)25-19-11-5-9-17(13-19)22(27)15-6-2-1-3-7-15/h1-13,21H,14H2,(H,25,28). The molecule has 1 N–H and O–H groups in total. The van der Waals surface area contributed by atoms with Crippen LogP contribution in [0.5, 0.6) is 0 Å². The van der Waals surface area contributed by atoms with E-state index in [2.05, 4.69) is 10.5 Å². The molecule has 144 valence electrons. The second-order valence-electron chi connectivity index (χ2n) is 6.61. The number of rotatable bonds is 5. The van der Waals surface area contributed by atoms with E-state index >= 15 is 0 Å². The lowest BCUT2D eigenvalue weighted by molar-refractivity contribution is -0.125. The minimum Gasteiger partial charge on any atom is -0.382 e. The zero-order chi connectivity index (χ0) is 20.2. The average Bonchev–Trinajstić information content (AvgIpc) is 3.25. The summed E-state index contributed by atoms with van der Waals surface area (Å²) in [5, 5.41) is 6.66. The molecule has 0 radical (unpaired) electrons. The van der Waals surface area contributed by atoms with Crippen LogP contribution in [0.2, 0.25) is 0 Å². The lowest BCUT2D eigenvalue weighted by atomic mass is 10.0. The lowest BCUT2D eigenvalue weighted by Crippen LogP contribution is -2.28. The van der Waals surface area contributed by atoms with E-state index < -0.39 is 6.10 Å². The highest BCUT2D eigenvalue weighted by atomic mass is 19.1. The molecule has 0 saturated heterocycles. The summed E-state index contributed by atoms with van der Waals surface area (Å²) in [5.41, 5.74) is 2.62. The molecule has 29 heavy (non-hydrogen) atoms. The fourth-order valence-corrected chi connectivity index (χ4v) is 3.07. The number of ketones is 1. The molecule has 5 nitrogen and oxygen atoms in total. The molecule has 1 heterocycles. The minimum atomic E-state index is -0.818. The van der Waals surface area contributed by atoms with Crippen LogP contribution in [0.1, 0.15) is 27.9 Å². The van der Waals surface area contributed by atoms with Crippen LogP contribution >= 0.6 is 0 Å². The predicted molar refractivity (Wildman–Crippen MR) is 107 cm³/mol. The smallest absolute Gasteiger partial charge is 0.268 e. The molecule has 0 aromatic heterocycles. The second kappa shape index (κ2) is 8.06. The molecule has 3 aromatic rings. The average molecular weight is 388 g/mol. The lowest BCUT2D eigenvalue weighted by Gasteiger charge is -2.10. The van der Waals surface area contributed by atoms with Crippen molar-refractivity contribution in [3.8, 4) is 0 Å². The maximum absolute atomic E-state index is 13.4. The van der Waals surface area contributed by atoms with Crippen LogP contribution in [-0.4, -0.2) is 23.5 Å². The third kappa shape index (κ3) is 4.21. The number of hydrogen-bond acceptors (Lipinski definition) is 4. The van der Waals surface area contributed by atoms with Crippen LogP contribution in [0.4, 0.5) is 10.1 Å². The van der Waals surface area contributed by atoms with Crippen molar-refractivity contribution in [3.63, 3.8) is 0 Å². The highest BCUT2D eigenvalue weighted by Gasteiger charge is 2.29. The third-order valence-electron chi connectivity index (χ3n) is 4.55. The van der Waals surface area contributed by atoms with Gasteiger partial charge < -0.3 is 10.2 Å². The topological polar surface area (TPSA) is 67.8 Å². The molecule has 1 amide bonds. The number of oxime groups is 1. The summed E-state index contributed by atoms with van der Waals surface area (Å²) >= 11 is 0. The van der Waals surface area contributed by atoms with Gasteiger partial charge in [0.05, 0.1) is 5.71 Å². The van der Waals surface area contributed by atoms with Gasteiger partial charge in [-0.25, -0.2) is 4.39 Å². The van der Waals surface area contributed by atoms with Gasteiger partial charge in [-0.15, -0.1) is 0 Å². The molecule has 6 heteroatoms. The Morgan fingerprint density at radius 1 is 0.931 bits per heavy atom. The molecule has 0 fully saturated rings. The molecule has 0 bridgehead atoms. The molecule has 1 unspecified atom stereocenters. The SMILES string of the molecule is O=C(c1ccccc1)c1cccc(NC(=O)C2CC(c3cccc(F)c3)=NO2)c1. The summed E-state index contributed by atoms with van der Waals surface area (Å²) in [6.45, 7) is 0. The van der Waals surface area contributed by atoms with Crippen molar-refractivity contribution in [3.05, 3.63) is 101 Å². The van der Waals surface area contributed by atoms with Crippen LogP contribution in [0, 0.1) is 5.82 Å². The number of amides is 1. The molecule has 4 rings (SSSR count). The van der Waals surface area contributed by atoms with E-state index in [4.69, 9.17) is 4.84 Å². The van der Waals surface area contributed by atoms with Crippen molar-refractivity contribution in [2.75, 3.05) is 5.32 Å². The van der Waals surface area contributed by atoms with Gasteiger partial charge >= 0.3 is 0 Å². The molecule has 1 aliphatic heterocycles. The zero-order valence-corrected chi connectivity index (χ0v) is 15.3. The van der Waals surface area contributed by atoms with Gasteiger partial charge in [-0.2, -0.15) is 0 Å². The van der Waals surface area contributed by atoms with Crippen LogP contribution in [0.3, 0.4) is 0 Å². The molecule has 3 aromatic carbocycles. The number of halogens is 1. The molecule has 1 aliphatic rings. The molecule has 0 saturated carbocycles. The Kier molecular flexibility index (Phi) is 5.16. The number of anilines is 1. The van der Waals surface area contributed by atoms with Crippen molar-refractivity contribution in [1.29, 1.82) is 0 Å². The van der Waals surface area contributed by atoms with Crippen molar-refractivity contribution in [1.82, 2.24) is 0 Å². The summed E-state index contributed by atoms with van der Waals surface area (Å²) in [6, 6.07) is 21.6. The quantitative estimate of drug-likeness (QED) is 0.667. The van der Waals surface area contributed by atoms with Gasteiger partial charge in [0, 0.05) is 28.8 Å². The number of benzene rings is 3. The van der Waals surface area contributed by atoms with Gasteiger partial charge in [-0.05, 0) is 24.3 Å². The first-order chi connectivity index (χ1) is 14.1. The maximum atomic E-state index is 13.4. The van der Waals surface area contributed by atoms with Gasteiger partial charge in [-0.3, -0.25) is 9.59 Å². The van der Waals surface area contributed by atoms with Crippen LogP contribution in [-0.2, 0) is 9.63 Å². The van der Waals surface area contributed by atoms with Gasteiger partial charge in [0.2, 0.25) is 6.10 Å². The first kappa shape index (κ1) is 18.6. The molecular weight excluding hydrogens is 371 g/mol. The second-order valence-corrected chi connectivity index (χ2v) is 6.61. The highest BCUT2D eigenvalue weighted by molar-refractivity contribution is 6.10. The first-order valence-corrected chi connectivity index (χ1v) is 9.09. The number of carbonyl (C=O) groups is 2. The summed E-state index contributed by atoms with van der Waals surface area (Å²) < 4.78 is 13.4. The summed E-state index contributed by atoms with van der Waals surface area (Å²) in [7, 11) is 0. The van der Waals surface area contributed by atoms with E-state index in [1.165, 1.54) is 12.1 Å². The molecular formula is C23H17FN2O3. The normalized spacial score (nSPS) is 15.3. The first-order valence-electron chi connectivity index (χ1n) is 9.09. The number of hydrogen-bond donors (Lipinski definition) is 1. The number of nitrogens with one attached hydrogen (secondary N) is 1. The summed E-state index contributed by atoms with van der Waals surface area (Å²) in [4.78, 5) is 30.4. The fourth-order valence-electron chi connectivity index (χ4n) is 3.07. The minimum absolute atomic E-state index is 0.129. The Morgan fingerprint density at radius 3 is 2.48 bits per heavy atom. The molecule has 0 aliphatic carbocycles. The summed E-state index contributed by atoms with van der Waals surface area (Å²) in [6.07, 6.45) is -0.584. The highest BCUT2D eigenvalue weighted by Crippen LogP contribution is 2.20. The van der Waals surface area contributed by atoms with Crippen LogP contribution in [0.15, 0.2) is 84.0 Å².